The third-order valence-electron chi connectivity index (χ3n) is 4.28. The summed E-state index contributed by atoms with van der Waals surface area (Å²) in [5.41, 5.74) is -0.0384. The Labute approximate surface area is 166 Å². The first-order valence-corrected chi connectivity index (χ1v) is 11.1. The fourth-order valence-electron chi connectivity index (χ4n) is 2.91. The van der Waals surface area contributed by atoms with Crippen molar-refractivity contribution in [2.45, 2.75) is 13.8 Å². The second-order valence-corrected chi connectivity index (χ2v) is 8.92. The van der Waals surface area contributed by atoms with E-state index >= 15 is 0 Å². The van der Waals surface area contributed by atoms with Gasteiger partial charge in [0, 0.05) is 21.5 Å². The van der Waals surface area contributed by atoms with Crippen LogP contribution in [0, 0.1) is 0 Å². The Bertz CT molecular complexity index is 881. The van der Waals surface area contributed by atoms with Gasteiger partial charge in [-0.2, -0.15) is 0 Å². The van der Waals surface area contributed by atoms with E-state index in [9.17, 15) is 14.5 Å². The Hall–Kier alpha value is -2.68. The molecule has 3 aromatic rings. The van der Waals surface area contributed by atoms with Crippen LogP contribution in [0.2, 0.25) is 0 Å². The molecule has 0 amide bonds. The van der Waals surface area contributed by atoms with Gasteiger partial charge < -0.3 is 19.8 Å². The van der Waals surface area contributed by atoms with Crippen molar-refractivity contribution in [1.29, 1.82) is 0 Å². The Kier molecular flexibility index (Phi) is 8.19. The summed E-state index contributed by atoms with van der Waals surface area (Å²) in [5, 5.41) is 15.2. The number of benzene rings is 3. The van der Waals surface area contributed by atoms with Gasteiger partial charge in [0.15, 0.2) is 7.14 Å². The summed E-state index contributed by atoms with van der Waals surface area (Å²) in [4.78, 5) is 11.5. The van der Waals surface area contributed by atoms with Gasteiger partial charge in [-0.15, -0.1) is 0 Å². The molecule has 0 fully saturated rings. The highest BCUT2D eigenvalue weighted by Gasteiger charge is 2.31. The van der Waals surface area contributed by atoms with Crippen LogP contribution in [0.15, 0.2) is 84.9 Å². The van der Waals surface area contributed by atoms with E-state index in [4.69, 9.17) is 0 Å². The van der Waals surface area contributed by atoms with Gasteiger partial charge in [-0.3, -0.25) is 0 Å². The first kappa shape index (κ1) is 21.6. The number of aromatic carboxylic acids is 1. The molecule has 2 N–H and O–H groups in total. The highest BCUT2D eigenvalue weighted by atomic mass is 31.2. The molecule has 0 aliphatic rings. The lowest BCUT2D eigenvalue weighted by Crippen LogP contribution is -2.82. The van der Waals surface area contributed by atoms with Crippen LogP contribution in [0.3, 0.4) is 0 Å². The van der Waals surface area contributed by atoms with Crippen LogP contribution < -0.4 is 26.3 Å². The fourth-order valence-corrected chi connectivity index (χ4v) is 5.75. The summed E-state index contributed by atoms with van der Waals surface area (Å²) >= 11 is 0. The quantitative estimate of drug-likeness (QED) is 0.639. The van der Waals surface area contributed by atoms with E-state index in [2.05, 4.69) is 19.2 Å². The molecule has 0 spiro atoms. The van der Waals surface area contributed by atoms with Gasteiger partial charge in [0.25, 0.3) is 0 Å². The van der Waals surface area contributed by atoms with Gasteiger partial charge in [0.1, 0.15) is 0 Å². The zero-order valence-electron chi connectivity index (χ0n) is 16.2. The normalized spacial score (nSPS) is 10.6. The third kappa shape index (κ3) is 4.98. The maximum Gasteiger partial charge on any atom is 0.171 e. The van der Waals surface area contributed by atoms with Crippen molar-refractivity contribution in [3.05, 3.63) is 90.5 Å². The molecular formula is C23H26NO3P. The first-order chi connectivity index (χ1) is 13.6. The lowest BCUT2D eigenvalue weighted by molar-refractivity contribution is -0.648. The van der Waals surface area contributed by atoms with Crippen LogP contribution in [-0.4, -0.2) is 19.1 Å². The summed E-state index contributed by atoms with van der Waals surface area (Å²) < 4.78 is 14.1. The molecule has 28 heavy (non-hydrogen) atoms. The molecule has 0 saturated heterocycles. The maximum atomic E-state index is 14.1. The lowest BCUT2D eigenvalue weighted by atomic mass is 10.2. The molecule has 5 heteroatoms. The van der Waals surface area contributed by atoms with Gasteiger partial charge in [-0.25, -0.2) is 0 Å². The molecule has 0 radical (unpaired) electrons. The van der Waals surface area contributed by atoms with Crippen molar-refractivity contribution < 1.29 is 19.8 Å². The molecule has 0 saturated carbocycles. The minimum Gasteiger partial charge on any atom is -0.545 e. The number of nitrogens with two attached hydrogens (primary N) is 1. The van der Waals surface area contributed by atoms with Crippen molar-refractivity contribution in [3.8, 4) is 0 Å². The summed E-state index contributed by atoms with van der Waals surface area (Å²) in [7, 11) is -3.29. The minimum atomic E-state index is -3.29. The molecule has 3 aromatic carbocycles. The number of rotatable bonds is 6. The molecule has 0 aromatic heterocycles. The average molecular weight is 395 g/mol. The van der Waals surface area contributed by atoms with Gasteiger partial charge in [-0.1, -0.05) is 84.9 Å². The molecular weight excluding hydrogens is 369 g/mol. The number of quaternary nitrogens is 1. The van der Waals surface area contributed by atoms with Crippen LogP contribution in [0.5, 0.6) is 0 Å². The largest absolute Gasteiger partial charge is 0.545 e. The van der Waals surface area contributed by atoms with Crippen molar-refractivity contribution in [2.24, 2.45) is 0 Å². The molecule has 3 rings (SSSR count). The summed E-state index contributed by atoms with van der Waals surface area (Å²) in [6.45, 7) is 6.75. The van der Waals surface area contributed by atoms with E-state index in [1.807, 2.05) is 12.1 Å². The van der Waals surface area contributed by atoms with E-state index in [0.29, 0.717) is 10.6 Å². The number of hydrogen-bond acceptors (Lipinski definition) is 3. The lowest BCUT2D eigenvalue weighted by Gasteiger charge is -2.22. The number of hydrogen-bond donors (Lipinski definition) is 1. The summed E-state index contributed by atoms with van der Waals surface area (Å²) in [6, 6.07) is 24.3. The fraction of sp³-hybridized carbons (Fsp3) is 0.174. The van der Waals surface area contributed by atoms with Crippen LogP contribution in [0.25, 0.3) is 0 Å². The average Bonchev–Trinajstić information content (AvgIpc) is 2.75. The van der Waals surface area contributed by atoms with Gasteiger partial charge in [0.05, 0.1) is 19.1 Å². The maximum absolute atomic E-state index is 14.1. The van der Waals surface area contributed by atoms with Crippen molar-refractivity contribution in [3.63, 3.8) is 0 Å². The smallest absolute Gasteiger partial charge is 0.171 e. The van der Waals surface area contributed by atoms with E-state index in [-0.39, 0.29) is 10.9 Å². The molecule has 146 valence electrons. The number of carboxylic acid groups (broad SMARTS) is 1. The predicted octanol–water partition coefficient (Wildman–Crippen LogP) is 1.28. The highest BCUT2D eigenvalue weighted by molar-refractivity contribution is 7.85. The molecule has 0 heterocycles. The van der Waals surface area contributed by atoms with Gasteiger partial charge in [0.2, 0.25) is 0 Å². The second-order valence-electron chi connectivity index (χ2n) is 6.19. The Morgan fingerprint density at radius 3 is 1.61 bits per heavy atom. The predicted molar refractivity (Wildman–Crippen MR) is 113 cm³/mol. The topological polar surface area (TPSA) is 73.8 Å². The standard InChI is InChI=1S/C19H15O3P.C4H11N/c20-19(21)17-13-7-8-14-18(17)23(22,15-9-3-1-4-10-15)16-11-5-2-6-12-16;1-3-5-4-2/h1-14H,(H,20,21);5H,3-4H2,1-2H3. The van der Waals surface area contributed by atoms with Crippen LogP contribution in [0.4, 0.5) is 0 Å². The summed E-state index contributed by atoms with van der Waals surface area (Å²) in [6.07, 6.45) is 0. The van der Waals surface area contributed by atoms with E-state index in [0.717, 1.165) is 0 Å². The van der Waals surface area contributed by atoms with E-state index in [1.165, 1.54) is 19.2 Å². The molecule has 0 bridgehead atoms. The van der Waals surface area contributed by atoms with Gasteiger partial charge >= 0.3 is 0 Å². The van der Waals surface area contributed by atoms with Crippen molar-refractivity contribution in [2.75, 3.05) is 13.1 Å². The second kappa shape index (κ2) is 10.6. The number of carboxylic acids is 1. The number of carbonyl (C=O) groups is 1. The van der Waals surface area contributed by atoms with Crippen LogP contribution >= 0.6 is 7.14 Å². The van der Waals surface area contributed by atoms with Crippen LogP contribution in [0.1, 0.15) is 24.2 Å². The molecule has 0 aliphatic heterocycles. The SMILES string of the molecule is CC[NH2+]CC.O=C([O-])c1ccccc1P(=O)(c1ccccc1)c1ccccc1. The Morgan fingerprint density at radius 2 is 1.21 bits per heavy atom. The zero-order chi connectivity index (χ0) is 20.4. The Morgan fingerprint density at radius 1 is 0.786 bits per heavy atom. The van der Waals surface area contributed by atoms with Gasteiger partial charge in [-0.05, 0) is 13.8 Å². The first-order valence-electron chi connectivity index (χ1n) is 9.39. The third-order valence-corrected chi connectivity index (χ3v) is 7.40. The molecule has 0 atom stereocenters. The molecule has 0 unspecified atom stereocenters. The van der Waals surface area contributed by atoms with Crippen LogP contribution in [-0.2, 0) is 4.57 Å². The number of carbonyl (C=O) groups excluding carboxylic acids is 1. The monoisotopic (exact) mass is 395 g/mol. The molecule has 4 nitrogen and oxygen atoms in total. The highest BCUT2D eigenvalue weighted by Crippen LogP contribution is 2.43. The van der Waals surface area contributed by atoms with Crippen molar-refractivity contribution >= 4 is 29.0 Å². The zero-order valence-corrected chi connectivity index (χ0v) is 17.1. The Balaban J connectivity index is 0.000000500. The molecule has 0 aliphatic carbocycles. The van der Waals surface area contributed by atoms with E-state index in [1.54, 1.807) is 66.7 Å². The van der Waals surface area contributed by atoms with E-state index < -0.39 is 13.1 Å². The minimum absolute atomic E-state index is 0.0384. The van der Waals surface area contributed by atoms with Crippen molar-refractivity contribution in [1.82, 2.24) is 0 Å². The summed E-state index contributed by atoms with van der Waals surface area (Å²) in [5.74, 6) is -1.33.